The molecular formula is C20H27N5O2. The minimum Gasteiger partial charge on any atom is -0.493 e. The molecule has 144 valence electrons. The highest BCUT2D eigenvalue weighted by Gasteiger charge is 2.30. The van der Waals surface area contributed by atoms with Crippen molar-refractivity contribution in [3.63, 3.8) is 0 Å². The van der Waals surface area contributed by atoms with E-state index in [1.165, 1.54) is 0 Å². The lowest BCUT2D eigenvalue weighted by atomic mass is 9.95. The van der Waals surface area contributed by atoms with Crippen LogP contribution in [-0.4, -0.2) is 51.8 Å². The standard InChI is InChI=1S/C20H27N5O2/c1-15(14-27-17-5-3-2-4-6-17)20(26)24-10-7-16(8-11-24)19-23-22-18-13-21-9-12-25(18)19/h2-6,15-16,21H,7-14H2,1H3. The molecule has 1 aromatic heterocycles. The summed E-state index contributed by atoms with van der Waals surface area (Å²) < 4.78 is 8.01. The van der Waals surface area contributed by atoms with Crippen molar-refractivity contribution in [3.05, 3.63) is 42.0 Å². The molecule has 2 aromatic rings. The van der Waals surface area contributed by atoms with Crippen molar-refractivity contribution in [2.75, 3.05) is 26.2 Å². The van der Waals surface area contributed by atoms with Crippen LogP contribution in [0, 0.1) is 5.92 Å². The normalized spacial score (nSPS) is 18.8. The summed E-state index contributed by atoms with van der Waals surface area (Å²) in [5.41, 5.74) is 0. The zero-order valence-corrected chi connectivity index (χ0v) is 15.8. The van der Waals surface area contributed by atoms with Crippen LogP contribution >= 0.6 is 0 Å². The molecule has 0 saturated carbocycles. The SMILES string of the molecule is CC(COc1ccccc1)C(=O)N1CCC(c2nnc3n2CCNC3)CC1. The number of carbonyl (C=O) groups is 1. The Labute approximate surface area is 159 Å². The van der Waals surface area contributed by atoms with E-state index >= 15 is 0 Å². The molecule has 0 radical (unpaired) electrons. The van der Waals surface area contributed by atoms with Crippen molar-refractivity contribution < 1.29 is 9.53 Å². The van der Waals surface area contributed by atoms with Gasteiger partial charge < -0.3 is 19.5 Å². The number of piperidine rings is 1. The van der Waals surface area contributed by atoms with E-state index in [0.29, 0.717) is 12.5 Å². The van der Waals surface area contributed by atoms with E-state index in [0.717, 1.165) is 63.0 Å². The van der Waals surface area contributed by atoms with E-state index in [-0.39, 0.29) is 11.8 Å². The fourth-order valence-corrected chi connectivity index (χ4v) is 3.90. The lowest BCUT2D eigenvalue weighted by Gasteiger charge is -2.33. The first-order chi connectivity index (χ1) is 13.2. The number of amides is 1. The van der Waals surface area contributed by atoms with Gasteiger partial charge in [-0.1, -0.05) is 25.1 Å². The highest BCUT2D eigenvalue weighted by molar-refractivity contribution is 5.78. The van der Waals surface area contributed by atoms with Gasteiger partial charge in [-0.25, -0.2) is 0 Å². The highest BCUT2D eigenvalue weighted by atomic mass is 16.5. The Hall–Kier alpha value is -2.41. The molecule has 0 spiro atoms. The van der Waals surface area contributed by atoms with E-state index in [9.17, 15) is 4.79 Å². The number of aromatic nitrogens is 3. The molecule has 1 unspecified atom stereocenters. The zero-order chi connectivity index (χ0) is 18.6. The number of benzene rings is 1. The van der Waals surface area contributed by atoms with Gasteiger partial charge in [-0.15, -0.1) is 10.2 Å². The Bertz CT molecular complexity index is 768. The summed E-state index contributed by atoms with van der Waals surface area (Å²) in [4.78, 5) is 14.7. The van der Waals surface area contributed by atoms with Crippen LogP contribution in [0.15, 0.2) is 30.3 Å². The molecule has 3 heterocycles. The number of carbonyl (C=O) groups excluding carboxylic acids is 1. The third kappa shape index (κ3) is 3.98. The number of likely N-dealkylation sites (tertiary alicyclic amines) is 1. The molecule has 0 aliphatic carbocycles. The molecule has 1 fully saturated rings. The number of rotatable bonds is 5. The molecule has 1 saturated heterocycles. The summed E-state index contributed by atoms with van der Waals surface area (Å²) in [6, 6.07) is 9.65. The van der Waals surface area contributed by atoms with Gasteiger partial charge >= 0.3 is 0 Å². The number of nitrogens with one attached hydrogen (secondary N) is 1. The molecule has 7 nitrogen and oxygen atoms in total. The third-order valence-corrected chi connectivity index (χ3v) is 5.49. The molecule has 1 amide bonds. The van der Waals surface area contributed by atoms with Gasteiger partial charge in [0.15, 0.2) is 0 Å². The van der Waals surface area contributed by atoms with Gasteiger partial charge in [-0.2, -0.15) is 0 Å². The van der Waals surface area contributed by atoms with Gasteiger partial charge in [-0.05, 0) is 25.0 Å². The molecule has 0 bridgehead atoms. The fraction of sp³-hybridized carbons (Fsp3) is 0.550. The minimum atomic E-state index is -0.145. The van der Waals surface area contributed by atoms with E-state index in [2.05, 4.69) is 20.1 Å². The van der Waals surface area contributed by atoms with Gasteiger partial charge in [0.05, 0.1) is 19.1 Å². The minimum absolute atomic E-state index is 0.145. The first-order valence-electron chi connectivity index (χ1n) is 9.81. The maximum atomic E-state index is 12.7. The second kappa shape index (κ2) is 8.08. The van der Waals surface area contributed by atoms with Crippen molar-refractivity contribution in [2.24, 2.45) is 5.92 Å². The summed E-state index contributed by atoms with van der Waals surface area (Å²) >= 11 is 0. The molecule has 4 rings (SSSR count). The van der Waals surface area contributed by atoms with Crippen LogP contribution < -0.4 is 10.1 Å². The second-order valence-corrected chi connectivity index (χ2v) is 7.43. The summed E-state index contributed by atoms with van der Waals surface area (Å²) in [5, 5.41) is 12.1. The molecule has 27 heavy (non-hydrogen) atoms. The fourth-order valence-electron chi connectivity index (χ4n) is 3.90. The van der Waals surface area contributed by atoms with Crippen molar-refractivity contribution in [2.45, 2.75) is 38.8 Å². The quantitative estimate of drug-likeness (QED) is 0.870. The summed E-state index contributed by atoms with van der Waals surface area (Å²) in [6.07, 6.45) is 1.90. The van der Waals surface area contributed by atoms with Crippen LogP contribution in [0.5, 0.6) is 5.75 Å². The van der Waals surface area contributed by atoms with Crippen LogP contribution in [0.1, 0.15) is 37.3 Å². The number of nitrogens with zero attached hydrogens (tertiary/aromatic N) is 4. The van der Waals surface area contributed by atoms with Gasteiger partial charge in [0.2, 0.25) is 5.91 Å². The third-order valence-electron chi connectivity index (χ3n) is 5.49. The molecule has 1 N–H and O–H groups in total. The Morgan fingerprint density at radius 2 is 2.00 bits per heavy atom. The monoisotopic (exact) mass is 369 g/mol. The van der Waals surface area contributed by atoms with Crippen molar-refractivity contribution in [3.8, 4) is 5.75 Å². The first kappa shape index (κ1) is 18.0. The summed E-state index contributed by atoms with van der Waals surface area (Å²) in [7, 11) is 0. The number of ether oxygens (including phenoxy) is 1. The van der Waals surface area contributed by atoms with Gasteiger partial charge in [0.1, 0.15) is 17.4 Å². The largest absolute Gasteiger partial charge is 0.493 e. The van der Waals surface area contributed by atoms with Crippen LogP contribution in [0.4, 0.5) is 0 Å². The van der Waals surface area contributed by atoms with E-state index in [4.69, 9.17) is 4.74 Å². The molecular weight excluding hydrogens is 342 g/mol. The second-order valence-electron chi connectivity index (χ2n) is 7.43. The number of hydrogen-bond acceptors (Lipinski definition) is 5. The summed E-state index contributed by atoms with van der Waals surface area (Å²) in [5.74, 6) is 3.36. The summed E-state index contributed by atoms with van der Waals surface area (Å²) in [6.45, 7) is 6.61. The maximum absolute atomic E-state index is 12.7. The Kier molecular flexibility index (Phi) is 5.38. The molecule has 1 atom stereocenters. The lowest BCUT2D eigenvalue weighted by molar-refractivity contribution is -0.137. The van der Waals surface area contributed by atoms with Crippen molar-refractivity contribution >= 4 is 5.91 Å². The van der Waals surface area contributed by atoms with E-state index in [1.807, 2.05) is 42.2 Å². The van der Waals surface area contributed by atoms with Crippen molar-refractivity contribution in [1.82, 2.24) is 25.0 Å². The zero-order valence-electron chi connectivity index (χ0n) is 15.8. The molecule has 7 heteroatoms. The molecule has 2 aliphatic rings. The van der Waals surface area contributed by atoms with Crippen LogP contribution in [0.25, 0.3) is 0 Å². The van der Waals surface area contributed by atoms with E-state index < -0.39 is 0 Å². The topological polar surface area (TPSA) is 72.3 Å². The Morgan fingerprint density at radius 1 is 1.22 bits per heavy atom. The lowest BCUT2D eigenvalue weighted by Crippen LogP contribution is -2.42. The smallest absolute Gasteiger partial charge is 0.228 e. The number of fused-ring (bicyclic) bond motifs is 1. The Morgan fingerprint density at radius 3 is 2.78 bits per heavy atom. The van der Waals surface area contributed by atoms with Gasteiger partial charge in [0, 0.05) is 32.1 Å². The first-order valence-corrected chi connectivity index (χ1v) is 9.81. The number of hydrogen-bond donors (Lipinski definition) is 1. The van der Waals surface area contributed by atoms with Crippen molar-refractivity contribution in [1.29, 1.82) is 0 Å². The predicted molar refractivity (Wildman–Crippen MR) is 101 cm³/mol. The Balaban J connectivity index is 1.29. The molecule has 2 aliphatic heterocycles. The van der Waals surface area contributed by atoms with Crippen LogP contribution in [0.3, 0.4) is 0 Å². The predicted octanol–water partition coefficient (Wildman–Crippen LogP) is 1.80. The number of para-hydroxylation sites is 1. The van der Waals surface area contributed by atoms with E-state index in [1.54, 1.807) is 0 Å². The molecule has 1 aromatic carbocycles. The van der Waals surface area contributed by atoms with Gasteiger partial charge in [-0.3, -0.25) is 4.79 Å². The maximum Gasteiger partial charge on any atom is 0.228 e. The van der Waals surface area contributed by atoms with Gasteiger partial charge in [0.25, 0.3) is 0 Å². The average molecular weight is 369 g/mol. The highest BCUT2D eigenvalue weighted by Crippen LogP contribution is 2.28. The average Bonchev–Trinajstić information content (AvgIpc) is 3.16. The van der Waals surface area contributed by atoms with Crippen LogP contribution in [0.2, 0.25) is 0 Å². The van der Waals surface area contributed by atoms with Crippen LogP contribution in [-0.2, 0) is 17.9 Å².